The van der Waals surface area contributed by atoms with Crippen LogP contribution in [0.1, 0.15) is 0 Å². The number of rotatable bonds is 3. The monoisotopic (exact) mass is 319 g/mol. The van der Waals surface area contributed by atoms with Crippen LogP contribution in [0.4, 0.5) is 11.5 Å². The zero-order valence-electron chi connectivity index (χ0n) is 12.3. The Bertz CT molecular complexity index is 943. The van der Waals surface area contributed by atoms with Gasteiger partial charge in [0, 0.05) is 22.5 Å². The Morgan fingerprint density at radius 1 is 0.826 bits per heavy atom. The molecule has 1 N–H and O–H groups in total. The number of anilines is 2. The van der Waals surface area contributed by atoms with Crippen molar-refractivity contribution in [3.8, 4) is 11.3 Å². The molecule has 2 aromatic carbocycles. The van der Waals surface area contributed by atoms with E-state index in [9.17, 15) is 0 Å². The van der Waals surface area contributed by atoms with Crippen LogP contribution < -0.4 is 5.32 Å². The largest absolute Gasteiger partial charge is 0.339 e. The first-order valence-corrected chi connectivity index (χ1v) is 7.74. The number of fused-ring (bicyclic) bond motifs is 1. The number of para-hydroxylation sites is 1. The molecule has 112 valence electrons. The third-order valence-corrected chi connectivity index (χ3v) is 3.94. The SMILES string of the molecule is Clc1ccc(-c2nc3ccccn3c2Nc2ccccc2)cc1. The highest BCUT2D eigenvalue weighted by Crippen LogP contribution is 2.31. The van der Waals surface area contributed by atoms with Gasteiger partial charge in [-0.3, -0.25) is 4.40 Å². The van der Waals surface area contributed by atoms with Crippen LogP contribution in [0.15, 0.2) is 79.0 Å². The maximum absolute atomic E-state index is 6.01. The molecule has 23 heavy (non-hydrogen) atoms. The Morgan fingerprint density at radius 3 is 2.35 bits per heavy atom. The first-order valence-electron chi connectivity index (χ1n) is 7.36. The van der Waals surface area contributed by atoms with Gasteiger partial charge >= 0.3 is 0 Å². The molecule has 2 heterocycles. The lowest BCUT2D eigenvalue weighted by molar-refractivity contribution is 1.18. The molecule has 2 aromatic heterocycles. The molecule has 0 spiro atoms. The maximum Gasteiger partial charge on any atom is 0.143 e. The second-order valence-corrected chi connectivity index (χ2v) is 5.67. The van der Waals surface area contributed by atoms with Crippen LogP contribution in [0, 0.1) is 0 Å². The summed E-state index contributed by atoms with van der Waals surface area (Å²) in [6, 6.07) is 23.8. The van der Waals surface area contributed by atoms with E-state index in [1.807, 2.05) is 79.0 Å². The highest BCUT2D eigenvalue weighted by molar-refractivity contribution is 6.30. The molecule has 0 bridgehead atoms. The summed E-state index contributed by atoms with van der Waals surface area (Å²) in [6.07, 6.45) is 2.01. The van der Waals surface area contributed by atoms with E-state index in [1.165, 1.54) is 0 Å². The van der Waals surface area contributed by atoms with E-state index in [4.69, 9.17) is 16.6 Å². The quantitative estimate of drug-likeness (QED) is 0.548. The molecule has 3 nitrogen and oxygen atoms in total. The van der Waals surface area contributed by atoms with Gasteiger partial charge in [-0.15, -0.1) is 0 Å². The van der Waals surface area contributed by atoms with Gasteiger partial charge in [0.05, 0.1) is 0 Å². The fourth-order valence-electron chi connectivity index (χ4n) is 2.58. The Hall–Kier alpha value is -2.78. The zero-order chi connectivity index (χ0) is 15.6. The van der Waals surface area contributed by atoms with Crippen LogP contribution in [0.3, 0.4) is 0 Å². The summed E-state index contributed by atoms with van der Waals surface area (Å²) < 4.78 is 2.05. The predicted molar refractivity (Wildman–Crippen MR) is 95.4 cm³/mol. The van der Waals surface area contributed by atoms with Crippen molar-refractivity contribution in [1.29, 1.82) is 0 Å². The van der Waals surface area contributed by atoms with Crippen molar-refractivity contribution in [1.82, 2.24) is 9.38 Å². The van der Waals surface area contributed by atoms with Crippen LogP contribution in [0.25, 0.3) is 16.9 Å². The number of hydrogen-bond donors (Lipinski definition) is 1. The summed E-state index contributed by atoms with van der Waals surface area (Å²) in [4.78, 5) is 4.77. The number of halogens is 1. The molecule has 0 aliphatic carbocycles. The minimum Gasteiger partial charge on any atom is -0.339 e. The lowest BCUT2D eigenvalue weighted by Gasteiger charge is -2.08. The Labute approximate surface area is 139 Å². The molecule has 4 rings (SSSR count). The first-order chi connectivity index (χ1) is 11.3. The fourth-order valence-corrected chi connectivity index (χ4v) is 2.71. The van der Waals surface area contributed by atoms with Crippen molar-refractivity contribution >= 4 is 28.8 Å². The third-order valence-electron chi connectivity index (χ3n) is 3.68. The molecule has 4 heteroatoms. The molecule has 0 saturated carbocycles. The molecule has 0 fully saturated rings. The lowest BCUT2D eigenvalue weighted by Crippen LogP contribution is -1.96. The molecule has 0 radical (unpaired) electrons. The van der Waals surface area contributed by atoms with Crippen molar-refractivity contribution in [2.75, 3.05) is 5.32 Å². The van der Waals surface area contributed by atoms with Crippen LogP contribution in [-0.4, -0.2) is 9.38 Å². The first kappa shape index (κ1) is 13.9. The van der Waals surface area contributed by atoms with Gasteiger partial charge in [-0.25, -0.2) is 4.98 Å². The topological polar surface area (TPSA) is 29.3 Å². The highest BCUT2D eigenvalue weighted by atomic mass is 35.5. The van der Waals surface area contributed by atoms with E-state index in [-0.39, 0.29) is 0 Å². The zero-order valence-corrected chi connectivity index (χ0v) is 13.0. The van der Waals surface area contributed by atoms with Crippen LogP contribution in [0.5, 0.6) is 0 Å². The highest BCUT2D eigenvalue weighted by Gasteiger charge is 2.14. The lowest BCUT2D eigenvalue weighted by atomic mass is 10.1. The van der Waals surface area contributed by atoms with E-state index in [0.29, 0.717) is 0 Å². The fraction of sp³-hybridized carbons (Fsp3) is 0. The number of nitrogens with zero attached hydrogens (tertiary/aromatic N) is 2. The van der Waals surface area contributed by atoms with E-state index in [0.717, 1.165) is 33.4 Å². The van der Waals surface area contributed by atoms with E-state index >= 15 is 0 Å². The Balaban J connectivity index is 1.89. The second kappa shape index (κ2) is 5.78. The number of hydrogen-bond acceptors (Lipinski definition) is 2. The van der Waals surface area contributed by atoms with Crippen molar-refractivity contribution in [3.05, 3.63) is 84.0 Å². The van der Waals surface area contributed by atoms with Crippen molar-refractivity contribution in [2.24, 2.45) is 0 Å². The minimum absolute atomic E-state index is 0.718. The number of nitrogens with one attached hydrogen (secondary N) is 1. The van der Waals surface area contributed by atoms with Crippen molar-refractivity contribution < 1.29 is 0 Å². The summed E-state index contributed by atoms with van der Waals surface area (Å²) in [5.41, 5.74) is 3.84. The minimum atomic E-state index is 0.718. The molecule has 0 aliphatic rings. The van der Waals surface area contributed by atoms with Gasteiger partial charge in [-0.1, -0.05) is 48.0 Å². The molecular formula is C19H14ClN3. The summed E-state index contributed by atoms with van der Waals surface area (Å²) in [6.45, 7) is 0. The van der Waals surface area contributed by atoms with Crippen molar-refractivity contribution in [2.45, 2.75) is 0 Å². The normalized spacial score (nSPS) is 10.8. The molecule has 0 saturated heterocycles. The van der Waals surface area contributed by atoms with Gasteiger partial charge in [0.2, 0.25) is 0 Å². The van der Waals surface area contributed by atoms with Crippen LogP contribution in [-0.2, 0) is 0 Å². The summed E-state index contributed by atoms with van der Waals surface area (Å²) in [5, 5.41) is 4.19. The molecule has 4 aromatic rings. The summed E-state index contributed by atoms with van der Waals surface area (Å²) in [7, 11) is 0. The van der Waals surface area contributed by atoms with Gasteiger partial charge in [-0.2, -0.15) is 0 Å². The number of benzene rings is 2. The van der Waals surface area contributed by atoms with E-state index in [1.54, 1.807) is 0 Å². The Kier molecular flexibility index (Phi) is 3.48. The second-order valence-electron chi connectivity index (χ2n) is 5.24. The standard InChI is InChI=1S/C19H14ClN3/c20-15-11-9-14(10-12-15)18-19(21-16-6-2-1-3-7-16)23-13-5-4-8-17(23)22-18/h1-13,21H. The number of aromatic nitrogens is 2. The van der Waals surface area contributed by atoms with Gasteiger partial charge in [-0.05, 0) is 36.4 Å². The average molecular weight is 320 g/mol. The average Bonchev–Trinajstić information content (AvgIpc) is 2.95. The smallest absolute Gasteiger partial charge is 0.143 e. The Morgan fingerprint density at radius 2 is 1.57 bits per heavy atom. The number of pyridine rings is 1. The molecule has 0 unspecified atom stereocenters. The molecular weight excluding hydrogens is 306 g/mol. The number of imidazole rings is 1. The van der Waals surface area contributed by atoms with Crippen LogP contribution in [0.2, 0.25) is 5.02 Å². The molecule has 0 atom stereocenters. The van der Waals surface area contributed by atoms with E-state index < -0.39 is 0 Å². The van der Waals surface area contributed by atoms with Crippen LogP contribution >= 0.6 is 11.6 Å². The van der Waals surface area contributed by atoms with Crippen molar-refractivity contribution in [3.63, 3.8) is 0 Å². The molecule has 0 aliphatic heterocycles. The van der Waals surface area contributed by atoms with Gasteiger partial charge in [0.1, 0.15) is 17.2 Å². The summed E-state index contributed by atoms with van der Waals surface area (Å²) in [5.74, 6) is 0.939. The van der Waals surface area contributed by atoms with E-state index in [2.05, 4.69) is 9.72 Å². The van der Waals surface area contributed by atoms with Gasteiger partial charge < -0.3 is 5.32 Å². The van der Waals surface area contributed by atoms with Gasteiger partial charge in [0.25, 0.3) is 0 Å². The summed E-state index contributed by atoms with van der Waals surface area (Å²) >= 11 is 6.01. The molecule has 0 amide bonds. The van der Waals surface area contributed by atoms with Gasteiger partial charge in [0.15, 0.2) is 0 Å². The maximum atomic E-state index is 6.01. The predicted octanol–water partition coefficient (Wildman–Crippen LogP) is 5.40. The third kappa shape index (κ3) is 2.67.